The lowest BCUT2D eigenvalue weighted by atomic mass is 9.95. The van der Waals surface area contributed by atoms with E-state index in [1.54, 1.807) is 0 Å². The molecule has 2 aliphatic rings. The van der Waals surface area contributed by atoms with Crippen LogP contribution in [0, 0.1) is 5.92 Å². The lowest BCUT2D eigenvalue weighted by molar-refractivity contribution is -0.178. The van der Waals surface area contributed by atoms with E-state index in [0.717, 1.165) is 23.6 Å². The summed E-state index contributed by atoms with van der Waals surface area (Å²) >= 11 is 0. The first-order valence-corrected chi connectivity index (χ1v) is 13.7. The highest BCUT2D eigenvalue weighted by Gasteiger charge is 2.33. The van der Waals surface area contributed by atoms with Crippen molar-refractivity contribution in [1.82, 2.24) is 14.3 Å². The number of hydrogen-bond donors (Lipinski definition) is 2. The number of carboxylic acids is 1. The maximum Gasteiger partial charge on any atom is 0.306 e. The monoisotopic (exact) mass is 525 g/mol. The number of benzene rings is 1. The maximum atomic E-state index is 13.4. The van der Waals surface area contributed by atoms with Crippen LogP contribution in [0.4, 0.5) is 0 Å². The molecule has 0 unspecified atom stereocenters. The van der Waals surface area contributed by atoms with E-state index < -0.39 is 34.4 Å². The summed E-state index contributed by atoms with van der Waals surface area (Å²) in [5.41, 5.74) is 0. The van der Waals surface area contributed by atoms with Crippen molar-refractivity contribution in [2.45, 2.75) is 62.3 Å². The lowest BCUT2D eigenvalue weighted by Gasteiger charge is -2.32. The van der Waals surface area contributed by atoms with Gasteiger partial charge in [0.05, 0.1) is 30.5 Å². The van der Waals surface area contributed by atoms with Gasteiger partial charge in [0.2, 0.25) is 15.9 Å². The second-order valence-corrected chi connectivity index (χ2v) is 11.2. The van der Waals surface area contributed by atoms with E-state index in [0.29, 0.717) is 36.5 Å². The number of carbonyl (C=O) groups is 3. The number of rotatable bonds is 10. The molecule has 1 heterocycles. The number of amides is 2. The summed E-state index contributed by atoms with van der Waals surface area (Å²) in [5, 5.41) is 20.3. The first-order valence-electron chi connectivity index (χ1n) is 12.3. The molecule has 11 nitrogen and oxygen atoms in total. The second-order valence-electron chi connectivity index (χ2n) is 9.29. The maximum absolute atomic E-state index is 13.4. The van der Waals surface area contributed by atoms with Crippen LogP contribution in [0.15, 0.2) is 29.2 Å². The number of sulfonamides is 1. The van der Waals surface area contributed by atoms with Gasteiger partial charge in [-0.3, -0.25) is 19.6 Å². The number of aliphatic carboxylic acids is 1. The number of nitrogens with zero attached hydrogens (tertiary/aromatic N) is 3. The molecule has 1 saturated carbocycles. The van der Waals surface area contributed by atoms with Gasteiger partial charge in [-0.15, -0.1) is 0 Å². The molecule has 2 fully saturated rings. The van der Waals surface area contributed by atoms with Gasteiger partial charge in [0.25, 0.3) is 5.91 Å². The van der Waals surface area contributed by atoms with Gasteiger partial charge in [0, 0.05) is 26.1 Å². The summed E-state index contributed by atoms with van der Waals surface area (Å²) in [6.07, 6.45) is 4.61. The molecule has 1 aromatic rings. The zero-order valence-corrected chi connectivity index (χ0v) is 21.4. The van der Waals surface area contributed by atoms with Gasteiger partial charge in [0.1, 0.15) is 5.75 Å². The molecule has 2 N–H and O–H groups in total. The minimum atomic E-state index is -4.16. The van der Waals surface area contributed by atoms with E-state index in [4.69, 9.17) is 9.84 Å². The summed E-state index contributed by atoms with van der Waals surface area (Å²) in [7, 11) is -2.70. The van der Waals surface area contributed by atoms with Crippen molar-refractivity contribution in [1.29, 1.82) is 0 Å². The molecule has 0 aromatic heterocycles. The molecule has 1 aromatic carbocycles. The molecule has 0 radical (unpaired) electrons. The van der Waals surface area contributed by atoms with Crippen LogP contribution in [0.3, 0.4) is 0 Å². The number of piperidine rings is 1. The van der Waals surface area contributed by atoms with Crippen LogP contribution >= 0.6 is 0 Å². The van der Waals surface area contributed by atoms with Crippen LogP contribution in [0.2, 0.25) is 0 Å². The Labute approximate surface area is 211 Å². The molecule has 1 saturated heterocycles. The average Bonchev–Trinajstić information content (AvgIpc) is 2.90. The highest BCUT2D eigenvalue weighted by atomic mass is 32.2. The van der Waals surface area contributed by atoms with Crippen molar-refractivity contribution < 1.29 is 37.9 Å². The van der Waals surface area contributed by atoms with E-state index in [1.165, 1.54) is 36.3 Å². The van der Waals surface area contributed by atoms with Gasteiger partial charge in [-0.05, 0) is 49.9 Å². The van der Waals surface area contributed by atoms with Crippen LogP contribution in [-0.4, -0.2) is 90.1 Å². The summed E-state index contributed by atoms with van der Waals surface area (Å²) in [6, 6.07) is 5.36. The Balaban J connectivity index is 1.72. The number of carbonyl (C=O) groups excluding carboxylic acids is 2. The fourth-order valence-corrected chi connectivity index (χ4v) is 6.08. The van der Waals surface area contributed by atoms with Crippen LogP contribution in [0.5, 0.6) is 5.75 Å². The molecule has 2 amide bonds. The second kappa shape index (κ2) is 12.5. The lowest BCUT2D eigenvalue weighted by Crippen LogP contribution is -2.47. The van der Waals surface area contributed by atoms with Crippen molar-refractivity contribution in [2.75, 3.05) is 33.3 Å². The van der Waals surface area contributed by atoms with Crippen LogP contribution in [0.1, 0.15) is 51.4 Å². The highest BCUT2D eigenvalue weighted by molar-refractivity contribution is 7.89. The minimum Gasteiger partial charge on any atom is -0.497 e. The Bertz CT molecular complexity index is 1020. The molecule has 1 aliphatic carbocycles. The number of carboxylic acid groups (broad SMARTS) is 1. The number of likely N-dealkylation sites (tertiary alicyclic amines) is 1. The Hall–Kier alpha value is -2.70. The summed E-state index contributed by atoms with van der Waals surface area (Å²) < 4.78 is 32.8. The molecule has 1 aliphatic heterocycles. The first-order chi connectivity index (χ1) is 17.1. The predicted octanol–water partition coefficient (Wildman–Crippen LogP) is 1.95. The molecule has 3 rings (SSSR count). The number of methoxy groups -OCH3 is 1. The smallest absolute Gasteiger partial charge is 0.306 e. The SMILES string of the molecule is COc1ccc(S(=O)(=O)N(CCC(=O)N2CCC(C(=O)O)CC2)CC(=O)N(O)C2CCCCC2)cc1. The predicted molar refractivity (Wildman–Crippen MR) is 129 cm³/mol. The molecular weight excluding hydrogens is 490 g/mol. The third-order valence-electron chi connectivity index (χ3n) is 6.96. The summed E-state index contributed by atoms with van der Waals surface area (Å²) in [5.74, 6) is -1.96. The Kier molecular flexibility index (Phi) is 9.69. The minimum absolute atomic E-state index is 0.0621. The molecule has 0 bridgehead atoms. The number of hydrogen-bond acceptors (Lipinski definition) is 7. The summed E-state index contributed by atoms with van der Waals surface area (Å²) in [4.78, 5) is 38.3. The van der Waals surface area contributed by atoms with Crippen LogP contribution in [0.25, 0.3) is 0 Å². The zero-order valence-electron chi connectivity index (χ0n) is 20.5. The van der Waals surface area contributed by atoms with Crippen molar-refractivity contribution in [2.24, 2.45) is 5.92 Å². The van der Waals surface area contributed by atoms with Gasteiger partial charge in [-0.25, -0.2) is 13.5 Å². The summed E-state index contributed by atoms with van der Waals surface area (Å²) in [6.45, 7) is -0.288. The van der Waals surface area contributed by atoms with E-state index in [9.17, 15) is 28.0 Å². The number of hydroxylamine groups is 2. The average molecular weight is 526 g/mol. The first kappa shape index (κ1) is 27.9. The van der Waals surface area contributed by atoms with Gasteiger partial charge in [-0.1, -0.05) is 19.3 Å². The van der Waals surface area contributed by atoms with E-state index in [1.807, 2.05) is 0 Å². The normalized spacial score (nSPS) is 17.7. The highest BCUT2D eigenvalue weighted by Crippen LogP contribution is 2.24. The zero-order chi connectivity index (χ0) is 26.3. The van der Waals surface area contributed by atoms with E-state index in [-0.39, 0.29) is 42.9 Å². The Morgan fingerprint density at radius 1 is 1.03 bits per heavy atom. The third-order valence-corrected chi connectivity index (χ3v) is 8.82. The van der Waals surface area contributed by atoms with E-state index >= 15 is 0 Å². The quantitative estimate of drug-likeness (QED) is 0.348. The molecular formula is C24H35N3O8S. The van der Waals surface area contributed by atoms with Crippen molar-refractivity contribution in [3.8, 4) is 5.75 Å². The molecule has 36 heavy (non-hydrogen) atoms. The topological polar surface area (TPSA) is 145 Å². The standard InChI is InChI=1S/C24H35N3O8S/c1-35-20-7-9-21(10-8-20)36(33,34)26(17-23(29)27(32)19-5-3-2-4-6-19)16-13-22(28)25-14-11-18(12-15-25)24(30)31/h7-10,18-19,32H,2-6,11-17H2,1H3,(H,30,31). The van der Waals surface area contributed by atoms with Gasteiger partial charge in [0.15, 0.2) is 0 Å². The third kappa shape index (κ3) is 6.95. The largest absolute Gasteiger partial charge is 0.497 e. The molecule has 200 valence electrons. The van der Waals surface area contributed by atoms with Crippen LogP contribution in [-0.2, 0) is 24.4 Å². The fraction of sp³-hybridized carbons (Fsp3) is 0.625. The Morgan fingerprint density at radius 2 is 1.64 bits per heavy atom. The van der Waals surface area contributed by atoms with Gasteiger partial charge >= 0.3 is 5.97 Å². The van der Waals surface area contributed by atoms with Crippen molar-refractivity contribution in [3.63, 3.8) is 0 Å². The Morgan fingerprint density at radius 3 is 2.19 bits per heavy atom. The van der Waals surface area contributed by atoms with Gasteiger partial charge in [-0.2, -0.15) is 4.31 Å². The molecule has 12 heteroatoms. The van der Waals surface area contributed by atoms with Gasteiger partial charge < -0.3 is 14.7 Å². The van der Waals surface area contributed by atoms with E-state index in [2.05, 4.69) is 0 Å². The molecule has 0 spiro atoms. The van der Waals surface area contributed by atoms with Crippen molar-refractivity contribution >= 4 is 27.8 Å². The fourth-order valence-electron chi connectivity index (χ4n) is 4.69. The molecule has 0 atom stereocenters. The number of ether oxygens (including phenoxy) is 1. The van der Waals surface area contributed by atoms with Crippen LogP contribution < -0.4 is 4.74 Å². The van der Waals surface area contributed by atoms with Crippen molar-refractivity contribution in [3.05, 3.63) is 24.3 Å².